The van der Waals surface area contributed by atoms with Crippen LogP contribution >= 0.6 is 11.6 Å². The first-order valence-electron chi connectivity index (χ1n) is 7.95. The molecular weight excluding hydrogens is 366 g/mol. The van der Waals surface area contributed by atoms with Crippen LogP contribution in [0.5, 0.6) is 0 Å². The predicted molar refractivity (Wildman–Crippen MR) is 97.8 cm³/mol. The summed E-state index contributed by atoms with van der Waals surface area (Å²) in [5.41, 5.74) is 6.57. The molecule has 0 saturated carbocycles. The molecule has 1 fully saturated rings. The van der Waals surface area contributed by atoms with Gasteiger partial charge in [-0.1, -0.05) is 11.6 Å². The van der Waals surface area contributed by atoms with Crippen LogP contribution in [0.2, 0.25) is 5.02 Å². The Balaban J connectivity index is 1.99. The first-order chi connectivity index (χ1) is 11.6. The van der Waals surface area contributed by atoms with Crippen LogP contribution in [0.3, 0.4) is 0 Å². The molecule has 0 aromatic heterocycles. The normalized spacial score (nSPS) is 23.5. The van der Waals surface area contributed by atoms with Crippen molar-refractivity contribution in [3.8, 4) is 0 Å². The number of hydrazine groups is 1. The summed E-state index contributed by atoms with van der Waals surface area (Å²) < 4.78 is 22.9. The molecule has 1 aliphatic rings. The number of sulfonamides is 1. The molecule has 2 atom stereocenters. The standard InChI is InChI=1S/C15H24ClN5O3S/c1-9-12(10(2)20-19-9)6-7-21(3)15(22)18-14-8-11(25(17,23)24)4-5-13(14)16/h4-5,8-10,12,19-20H,6-7H2,1-3H3,(H,18,22)(H2,17,23,24). The molecule has 1 heterocycles. The van der Waals surface area contributed by atoms with Crippen molar-refractivity contribution in [2.24, 2.45) is 11.1 Å². The van der Waals surface area contributed by atoms with Gasteiger partial charge in [0.2, 0.25) is 10.0 Å². The van der Waals surface area contributed by atoms with E-state index in [2.05, 4.69) is 30.0 Å². The molecule has 1 aromatic rings. The van der Waals surface area contributed by atoms with E-state index < -0.39 is 10.0 Å². The molecule has 140 valence electrons. The van der Waals surface area contributed by atoms with Crippen molar-refractivity contribution in [2.45, 2.75) is 37.2 Å². The van der Waals surface area contributed by atoms with Gasteiger partial charge in [0.05, 0.1) is 15.6 Å². The van der Waals surface area contributed by atoms with Crippen molar-refractivity contribution in [2.75, 3.05) is 18.9 Å². The van der Waals surface area contributed by atoms with E-state index in [0.717, 1.165) is 6.42 Å². The second-order valence-corrected chi connectivity index (χ2v) is 8.33. The first-order valence-corrected chi connectivity index (χ1v) is 9.87. The number of nitrogens with two attached hydrogens (primary N) is 1. The van der Waals surface area contributed by atoms with Crippen molar-refractivity contribution >= 4 is 33.3 Å². The summed E-state index contributed by atoms with van der Waals surface area (Å²) in [6.45, 7) is 4.75. The van der Waals surface area contributed by atoms with Gasteiger partial charge in [0.1, 0.15) is 0 Å². The number of halogens is 1. The van der Waals surface area contributed by atoms with Gasteiger partial charge < -0.3 is 10.2 Å². The van der Waals surface area contributed by atoms with E-state index in [4.69, 9.17) is 16.7 Å². The number of carbonyl (C=O) groups is 1. The van der Waals surface area contributed by atoms with E-state index in [1.807, 2.05) is 0 Å². The topological polar surface area (TPSA) is 117 Å². The Bertz CT molecular complexity index is 733. The number of nitrogens with zero attached hydrogens (tertiary/aromatic N) is 1. The van der Waals surface area contributed by atoms with Gasteiger partial charge >= 0.3 is 6.03 Å². The lowest BCUT2D eigenvalue weighted by Gasteiger charge is -2.23. The van der Waals surface area contributed by atoms with Crippen LogP contribution < -0.4 is 21.3 Å². The van der Waals surface area contributed by atoms with Crippen LogP contribution in [0, 0.1) is 5.92 Å². The molecule has 1 aliphatic heterocycles. The molecule has 2 rings (SSSR count). The SMILES string of the molecule is CC1NNC(C)C1CCN(C)C(=O)Nc1cc(S(N)(=O)=O)ccc1Cl. The Hall–Kier alpha value is -1.39. The lowest BCUT2D eigenvalue weighted by atomic mass is 9.93. The number of primary sulfonamides is 1. The number of rotatable bonds is 5. The lowest BCUT2D eigenvalue weighted by Crippen LogP contribution is -2.35. The molecule has 0 radical (unpaired) electrons. The quantitative estimate of drug-likeness (QED) is 0.606. The molecule has 5 N–H and O–H groups in total. The number of hydrogen-bond donors (Lipinski definition) is 4. The molecule has 10 heteroatoms. The smallest absolute Gasteiger partial charge is 0.321 e. The average molecular weight is 390 g/mol. The third-order valence-corrected chi connectivity index (χ3v) is 5.72. The highest BCUT2D eigenvalue weighted by Crippen LogP contribution is 2.25. The van der Waals surface area contributed by atoms with Crippen LogP contribution in [0.15, 0.2) is 23.1 Å². The van der Waals surface area contributed by atoms with Crippen LogP contribution in [-0.2, 0) is 10.0 Å². The maximum Gasteiger partial charge on any atom is 0.321 e. The van der Waals surface area contributed by atoms with Gasteiger partial charge in [0.25, 0.3) is 0 Å². The molecule has 25 heavy (non-hydrogen) atoms. The van der Waals surface area contributed by atoms with Crippen LogP contribution in [-0.4, -0.2) is 45.0 Å². The number of amides is 2. The molecule has 2 amide bonds. The highest BCUT2D eigenvalue weighted by Gasteiger charge is 2.29. The largest absolute Gasteiger partial charge is 0.328 e. The number of carbonyl (C=O) groups excluding carboxylic acids is 1. The molecule has 0 spiro atoms. The van der Waals surface area contributed by atoms with Gasteiger partial charge in [0, 0.05) is 25.7 Å². The Labute approximate surface area is 153 Å². The Morgan fingerprint density at radius 2 is 1.92 bits per heavy atom. The zero-order chi connectivity index (χ0) is 18.8. The van der Waals surface area contributed by atoms with Gasteiger partial charge in [0.15, 0.2) is 0 Å². The minimum Gasteiger partial charge on any atom is -0.328 e. The second-order valence-electron chi connectivity index (χ2n) is 6.36. The fourth-order valence-electron chi connectivity index (χ4n) is 2.84. The Morgan fingerprint density at radius 1 is 1.32 bits per heavy atom. The van der Waals surface area contributed by atoms with Gasteiger partial charge in [-0.05, 0) is 44.4 Å². The summed E-state index contributed by atoms with van der Waals surface area (Å²) in [5, 5.41) is 7.96. The third-order valence-electron chi connectivity index (χ3n) is 4.48. The summed E-state index contributed by atoms with van der Waals surface area (Å²) in [7, 11) is -2.19. The minimum absolute atomic E-state index is 0.111. The summed E-state index contributed by atoms with van der Waals surface area (Å²) in [6, 6.07) is 4.21. The van der Waals surface area contributed by atoms with Crippen molar-refractivity contribution in [1.29, 1.82) is 0 Å². The molecule has 0 bridgehead atoms. The van der Waals surface area contributed by atoms with E-state index in [1.165, 1.54) is 23.1 Å². The van der Waals surface area contributed by atoms with Crippen LogP contribution in [0.25, 0.3) is 0 Å². The molecular formula is C15H24ClN5O3S. The van der Waals surface area contributed by atoms with Gasteiger partial charge in [-0.15, -0.1) is 0 Å². The van der Waals surface area contributed by atoms with Gasteiger partial charge in [-0.25, -0.2) is 18.4 Å². The lowest BCUT2D eigenvalue weighted by molar-refractivity contribution is 0.217. The number of hydrogen-bond acceptors (Lipinski definition) is 5. The monoisotopic (exact) mass is 389 g/mol. The second kappa shape index (κ2) is 7.88. The maximum absolute atomic E-state index is 12.3. The van der Waals surface area contributed by atoms with E-state index in [1.54, 1.807) is 7.05 Å². The maximum atomic E-state index is 12.3. The zero-order valence-electron chi connectivity index (χ0n) is 14.4. The van der Waals surface area contributed by atoms with Crippen molar-refractivity contribution in [1.82, 2.24) is 15.8 Å². The molecule has 1 aromatic carbocycles. The molecule has 0 aliphatic carbocycles. The van der Waals surface area contributed by atoms with E-state index in [-0.39, 0.29) is 21.6 Å². The van der Waals surface area contributed by atoms with Gasteiger partial charge in [-0.3, -0.25) is 10.9 Å². The van der Waals surface area contributed by atoms with Crippen molar-refractivity contribution < 1.29 is 13.2 Å². The summed E-state index contributed by atoms with van der Waals surface area (Å²) >= 11 is 6.03. The summed E-state index contributed by atoms with van der Waals surface area (Å²) in [5.74, 6) is 0.407. The summed E-state index contributed by atoms with van der Waals surface area (Å²) in [6.07, 6.45) is 0.831. The first kappa shape index (κ1) is 19.9. The highest BCUT2D eigenvalue weighted by atomic mass is 35.5. The predicted octanol–water partition coefficient (Wildman–Crippen LogP) is 1.34. The Morgan fingerprint density at radius 3 is 2.48 bits per heavy atom. The fourth-order valence-corrected chi connectivity index (χ4v) is 3.55. The van der Waals surface area contributed by atoms with Crippen LogP contribution in [0.1, 0.15) is 20.3 Å². The summed E-state index contributed by atoms with van der Waals surface area (Å²) in [4.78, 5) is 13.8. The molecule has 2 unspecified atom stereocenters. The number of benzene rings is 1. The number of nitrogens with one attached hydrogen (secondary N) is 3. The Kier molecular flexibility index (Phi) is 6.28. The van der Waals surface area contributed by atoms with E-state index >= 15 is 0 Å². The number of anilines is 1. The highest BCUT2D eigenvalue weighted by molar-refractivity contribution is 7.89. The minimum atomic E-state index is -3.87. The van der Waals surface area contributed by atoms with Crippen LogP contribution in [0.4, 0.5) is 10.5 Å². The average Bonchev–Trinajstić information content (AvgIpc) is 2.84. The van der Waals surface area contributed by atoms with Gasteiger partial charge in [-0.2, -0.15) is 0 Å². The van der Waals surface area contributed by atoms with E-state index in [0.29, 0.717) is 24.5 Å². The van der Waals surface area contributed by atoms with E-state index in [9.17, 15) is 13.2 Å². The van der Waals surface area contributed by atoms with Crippen molar-refractivity contribution in [3.05, 3.63) is 23.2 Å². The molecule has 8 nitrogen and oxygen atoms in total. The number of urea groups is 1. The zero-order valence-corrected chi connectivity index (χ0v) is 16.0. The van der Waals surface area contributed by atoms with Crippen molar-refractivity contribution in [3.63, 3.8) is 0 Å². The molecule has 1 saturated heterocycles. The fraction of sp³-hybridized carbons (Fsp3) is 0.533. The third kappa shape index (κ3) is 5.05.